The molecule has 17 heavy (non-hydrogen) atoms. The molecule has 0 saturated heterocycles. The van der Waals surface area contributed by atoms with Gasteiger partial charge in [-0.2, -0.15) is 0 Å². The zero-order valence-corrected chi connectivity index (χ0v) is 12.2. The second-order valence-corrected chi connectivity index (χ2v) is 6.05. The van der Waals surface area contributed by atoms with Gasteiger partial charge in [0, 0.05) is 26.7 Å². The number of Topliss-reactive ketones (excluding diaryl/α,β-unsaturated/α-hetero) is 1. The van der Waals surface area contributed by atoms with E-state index in [2.05, 4.69) is 6.58 Å². The SMILES string of the molecule is C=C(OC(C)O[Si](C)(OCC)OCC)C(C)=O. The van der Waals surface area contributed by atoms with Gasteiger partial charge in [0.25, 0.3) is 0 Å². The summed E-state index contributed by atoms with van der Waals surface area (Å²) in [4.78, 5) is 11.0. The monoisotopic (exact) mass is 262 g/mol. The van der Waals surface area contributed by atoms with Crippen LogP contribution in [0, 0.1) is 0 Å². The van der Waals surface area contributed by atoms with Crippen LogP contribution in [-0.2, 0) is 22.8 Å². The lowest BCUT2D eigenvalue weighted by Crippen LogP contribution is -2.45. The molecule has 100 valence electrons. The van der Waals surface area contributed by atoms with Gasteiger partial charge in [-0.1, -0.05) is 6.58 Å². The molecule has 0 rings (SSSR count). The van der Waals surface area contributed by atoms with Gasteiger partial charge in [-0.25, -0.2) is 0 Å². The highest BCUT2D eigenvalue weighted by atomic mass is 28.4. The molecule has 0 spiro atoms. The fraction of sp³-hybridized carbons (Fsp3) is 0.727. The maximum atomic E-state index is 11.0. The summed E-state index contributed by atoms with van der Waals surface area (Å²) in [6.07, 6.45) is -0.624. The van der Waals surface area contributed by atoms with E-state index in [4.69, 9.17) is 18.0 Å². The van der Waals surface area contributed by atoms with Crippen molar-refractivity contribution < 1.29 is 22.8 Å². The molecule has 0 radical (unpaired) electrons. The van der Waals surface area contributed by atoms with Gasteiger partial charge in [0.15, 0.2) is 17.8 Å². The third-order valence-corrected chi connectivity index (χ3v) is 4.28. The molecule has 5 nitrogen and oxygen atoms in total. The number of hydrogen-bond donors (Lipinski definition) is 0. The van der Waals surface area contributed by atoms with Crippen LogP contribution in [0.2, 0.25) is 6.55 Å². The normalized spacial score (nSPS) is 13.2. The molecule has 0 aromatic rings. The third-order valence-electron chi connectivity index (χ3n) is 1.89. The van der Waals surface area contributed by atoms with E-state index in [9.17, 15) is 4.79 Å². The van der Waals surface area contributed by atoms with Crippen LogP contribution in [0.15, 0.2) is 12.3 Å². The highest BCUT2D eigenvalue weighted by Gasteiger charge is 2.36. The van der Waals surface area contributed by atoms with Crippen LogP contribution in [0.5, 0.6) is 0 Å². The van der Waals surface area contributed by atoms with Crippen LogP contribution < -0.4 is 0 Å². The smallest absolute Gasteiger partial charge is 0.463 e. The zero-order valence-electron chi connectivity index (χ0n) is 11.2. The van der Waals surface area contributed by atoms with Crippen LogP contribution >= 0.6 is 0 Å². The van der Waals surface area contributed by atoms with E-state index < -0.39 is 15.1 Å². The second-order valence-electron chi connectivity index (χ2n) is 3.51. The highest BCUT2D eigenvalue weighted by Crippen LogP contribution is 2.14. The van der Waals surface area contributed by atoms with Gasteiger partial charge in [0.2, 0.25) is 0 Å². The largest absolute Gasteiger partial charge is 0.500 e. The molecule has 0 aliphatic heterocycles. The van der Waals surface area contributed by atoms with Gasteiger partial charge in [0.1, 0.15) is 0 Å². The Kier molecular flexibility index (Phi) is 7.29. The summed E-state index contributed by atoms with van der Waals surface area (Å²) in [6.45, 7) is 13.1. The average molecular weight is 262 g/mol. The number of ketones is 1. The molecule has 0 aliphatic rings. The van der Waals surface area contributed by atoms with Crippen molar-refractivity contribution in [3.05, 3.63) is 12.3 Å². The molecule has 0 N–H and O–H groups in total. The first kappa shape index (κ1) is 16.3. The summed E-state index contributed by atoms with van der Waals surface area (Å²) >= 11 is 0. The fourth-order valence-corrected chi connectivity index (χ4v) is 3.16. The molecular formula is C11H22O5Si. The zero-order chi connectivity index (χ0) is 13.5. The second kappa shape index (κ2) is 7.60. The lowest BCUT2D eigenvalue weighted by atomic mass is 10.4. The van der Waals surface area contributed by atoms with Crippen molar-refractivity contribution in [1.29, 1.82) is 0 Å². The maximum absolute atomic E-state index is 11.0. The molecule has 1 unspecified atom stereocenters. The first-order valence-corrected chi connectivity index (χ1v) is 7.89. The Balaban J connectivity index is 4.34. The van der Waals surface area contributed by atoms with E-state index in [0.29, 0.717) is 13.2 Å². The van der Waals surface area contributed by atoms with Crippen molar-refractivity contribution in [3.63, 3.8) is 0 Å². The summed E-state index contributed by atoms with van der Waals surface area (Å²) in [5, 5.41) is 0. The van der Waals surface area contributed by atoms with Crippen molar-refractivity contribution in [3.8, 4) is 0 Å². The van der Waals surface area contributed by atoms with Crippen LogP contribution in [0.4, 0.5) is 0 Å². The predicted octanol–water partition coefficient (Wildman–Crippen LogP) is 2.11. The fourth-order valence-electron chi connectivity index (χ4n) is 1.24. The molecule has 6 heteroatoms. The molecule has 0 bridgehead atoms. The average Bonchev–Trinajstić information content (AvgIpc) is 2.16. The van der Waals surface area contributed by atoms with Crippen molar-refractivity contribution in [2.45, 2.75) is 40.5 Å². The highest BCUT2D eigenvalue weighted by molar-refractivity contribution is 6.59. The Hall–Kier alpha value is -0.693. The van der Waals surface area contributed by atoms with Crippen LogP contribution in [0.3, 0.4) is 0 Å². The minimum absolute atomic E-state index is 0.0712. The molecule has 0 saturated carbocycles. The van der Waals surface area contributed by atoms with Gasteiger partial charge in [-0.3, -0.25) is 4.79 Å². The number of ether oxygens (including phenoxy) is 1. The topological polar surface area (TPSA) is 54.0 Å². The molecule has 1 atom stereocenters. The Labute approximate surface area is 104 Å². The molecule has 0 aromatic heterocycles. The van der Waals surface area contributed by atoms with Crippen LogP contribution in [0.25, 0.3) is 0 Å². The van der Waals surface area contributed by atoms with Crippen LogP contribution in [0.1, 0.15) is 27.7 Å². The lowest BCUT2D eigenvalue weighted by Gasteiger charge is -2.28. The molecule has 0 heterocycles. The summed E-state index contributed by atoms with van der Waals surface area (Å²) in [6, 6.07) is 0. The van der Waals surface area contributed by atoms with Crippen LogP contribution in [-0.4, -0.2) is 34.1 Å². The number of hydrogen-bond acceptors (Lipinski definition) is 5. The molecule has 0 aromatic carbocycles. The van der Waals surface area contributed by atoms with Gasteiger partial charge in [-0.15, -0.1) is 0 Å². The van der Waals surface area contributed by atoms with E-state index >= 15 is 0 Å². The molecule has 0 fully saturated rings. The number of carbonyl (C=O) groups is 1. The van der Waals surface area contributed by atoms with Gasteiger partial charge < -0.3 is 18.0 Å². The lowest BCUT2D eigenvalue weighted by molar-refractivity contribution is -0.125. The van der Waals surface area contributed by atoms with E-state index in [1.165, 1.54) is 6.92 Å². The Morgan fingerprint density at radius 1 is 1.29 bits per heavy atom. The van der Waals surface area contributed by atoms with Gasteiger partial charge in [0.05, 0.1) is 0 Å². The molecule has 0 aliphatic carbocycles. The molecular weight excluding hydrogens is 240 g/mol. The summed E-state index contributed by atoms with van der Waals surface area (Å²) in [7, 11) is -2.69. The Morgan fingerprint density at radius 3 is 2.12 bits per heavy atom. The minimum atomic E-state index is -2.69. The first-order chi connectivity index (χ1) is 7.84. The minimum Gasteiger partial charge on any atom is -0.463 e. The van der Waals surface area contributed by atoms with Crippen molar-refractivity contribution in [2.24, 2.45) is 0 Å². The quantitative estimate of drug-likeness (QED) is 0.276. The standard InChI is InChI=1S/C11H22O5Si/c1-7-13-17(6,14-8-2)16-11(5)15-10(4)9(3)12/h11H,4,7-8H2,1-3,5-6H3. The maximum Gasteiger partial charge on any atom is 0.500 e. The van der Waals surface area contributed by atoms with Crippen molar-refractivity contribution in [2.75, 3.05) is 13.2 Å². The number of carbonyl (C=O) groups excluding carboxylic acids is 1. The first-order valence-electron chi connectivity index (χ1n) is 5.66. The molecule has 0 amide bonds. The van der Waals surface area contributed by atoms with E-state index in [0.717, 1.165) is 0 Å². The number of rotatable bonds is 9. The summed E-state index contributed by atoms with van der Waals surface area (Å²) < 4.78 is 21.8. The summed E-state index contributed by atoms with van der Waals surface area (Å²) in [5.74, 6) is -0.154. The van der Waals surface area contributed by atoms with Crippen molar-refractivity contribution >= 4 is 14.6 Å². The number of allylic oxidation sites excluding steroid dienone is 1. The van der Waals surface area contributed by atoms with Crippen molar-refractivity contribution in [1.82, 2.24) is 0 Å². The Morgan fingerprint density at radius 2 is 1.76 bits per heavy atom. The van der Waals surface area contributed by atoms with Gasteiger partial charge >= 0.3 is 8.80 Å². The summed E-state index contributed by atoms with van der Waals surface area (Å²) in [5.41, 5.74) is 0. The predicted molar refractivity (Wildman–Crippen MR) is 66.3 cm³/mol. The Bertz CT molecular complexity index is 261. The van der Waals surface area contributed by atoms with E-state index in [1.54, 1.807) is 13.5 Å². The third kappa shape index (κ3) is 6.57. The van der Waals surface area contributed by atoms with Gasteiger partial charge in [-0.05, 0) is 20.8 Å². The van der Waals surface area contributed by atoms with E-state index in [1.807, 2.05) is 13.8 Å². The van der Waals surface area contributed by atoms with E-state index in [-0.39, 0.29) is 11.5 Å².